The van der Waals surface area contributed by atoms with E-state index < -0.39 is 0 Å². The second-order valence-electron chi connectivity index (χ2n) is 6.62. The summed E-state index contributed by atoms with van der Waals surface area (Å²) in [5, 5.41) is 10.1. The van der Waals surface area contributed by atoms with Crippen LogP contribution in [0.5, 0.6) is 0 Å². The van der Waals surface area contributed by atoms with E-state index in [9.17, 15) is 9.90 Å². The fraction of sp³-hybridized carbons (Fsp3) is 0.800. The highest BCUT2D eigenvalue weighted by molar-refractivity contribution is 5.75. The Morgan fingerprint density at radius 3 is 2.83 bits per heavy atom. The van der Waals surface area contributed by atoms with Gasteiger partial charge >= 0.3 is 5.97 Å². The van der Waals surface area contributed by atoms with Gasteiger partial charge in [-0.15, -0.1) is 0 Å². The third-order valence-electron chi connectivity index (χ3n) is 5.43. The number of fused-ring (bicyclic) bond motifs is 2. The van der Waals surface area contributed by atoms with E-state index in [4.69, 9.17) is 4.74 Å². The molecule has 2 fully saturated rings. The number of esters is 1. The smallest absolute Gasteiger partial charge is 0.309 e. The van der Waals surface area contributed by atoms with Crippen molar-refractivity contribution in [3.63, 3.8) is 0 Å². The number of hydrogen-bond donors (Lipinski definition) is 1. The zero-order valence-electron chi connectivity index (χ0n) is 11.3. The summed E-state index contributed by atoms with van der Waals surface area (Å²) < 4.78 is 5.51. The SMILES string of the molecule is C[C@@H]1C2=C[C@H]3[C@@H](C[C@@]2(C)CC[C@@H]1O)OC(=O)[C@@H]3C. The van der Waals surface area contributed by atoms with Crippen molar-refractivity contribution in [1.29, 1.82) is 0 Å². The lowest BCUT2D eigenvalue weighted by Gasteiger charge is -2.47. The molecule has 0 radical (unpaired) electrons. The third kappa shape index (κ3) is 1.56. The van der Waals surface area contributed by atoms with Gasteiger partial charge in [0.2, 0.25) is 0 Å². The van der Waals surface area contributed by atoms with E-state index >= 15 is 0 Å². The van der Waals surface area contributed by atoms with Crippen molar-refractivity contribution in [1.82, 2.24) is 0 Å². The van der Waals surface area contributed by atoms with Gasteiger partial charge in [-0.05, 0) is 24.7 Å². The van der Waals surface area contributed by atoms with E-state index in [1.807, 2.05) is 6.92 Å². The summed E-state index contributed by atoms with van der Waals surface area (Å²) in [6, 6.07) is 0. The molecule has 0 aromatic heterocycles. The van der Waals surface area contributed by atoms with Crippen molar-refractivity contribution in [2.75, 3.05) is 0 Å². The first-order valence-electron chi connectivity index (χ1n) is 7.03. The molecule has 2 aliphatic carbocycles. The molecule has 0 unspecified atom stereocenters. The lowest BCUT2D eigenvalue weighted by Crippen LogP contribution is -2.43. The second-order valence-corrected chi connectivity index (χ2v) is 6.62. The first kappa shape index (κ1) is 12.2. The molecule has 1 N–H and O–H groups in total. The Labute approximate surface area is 108 Å². The summed E-state index contributed by atoms with van der Waals surface area (Å²) in [4.78, 5) is 11.7. The normalized spacial score (nSPS) is 51.2. The summed E-state index contributed by atoms with van der Waals surface area (Å²) in [7, 11) is 0. The van der Waals surface area contributed by atoms with Crippen LogP contribution in [0.1, 0.15) is 40.0 Å². The molecule has 1 aliphatic heterocycles. The summed E-state index contributed by atoms with van der Waals surface area (Å²) in [5.41, 5.74) is 1.47. The molecular formula is C15H22O3. The van der Waals surface area contributed by atoms with Crippen molar-refractivity contribution in [3.05, 3.63) is 11.6 Å². The van der Waals surface area contributed by atoms with Gasteiger partial charge in [0.15, 0.2) is 0 Å². The Hall–Kier alpha value is -0.830. The Morgan fingerprint density at radius 1 is 1.39 bits per heavy atom. The number of rotatable bonds is 0. The maximum absolute atomic E-state index is 11.7. The molecule has 3 rings (SSSR count). The number of carbonyl (C=O) groups is 1. The molecule has 100 valence electrons. The van der Waals surface area contributed by atoms with Crippen LogP contribution in [0, 0.1) is 23.2 Å². The molecule has 0 bridgehead atoms. The minimum absolute atomic E-state index is 0.0293. The third-order valence-corrected chi connectivity index (χ3v) is 5.43. The molecule has 0 aromatic rings. The highest BCUT2D eigenvalue weighted by Crippen LogP contribution is 2.53. The van der Waals surface area contributed by atoms with Crippen LogP contribution < -0.4 is 0 Å². The van der Waals surface area contributed by atoms with Gasteiger partial charge in [0.25, 0.3) is 0 Å². The van der Waals surface area contributed by atoms with E-state index in [0.717, 1.165) is 19.3 Å². The molecule has 1 heterocycles. The van der Waals surface area contributed by atoms with Crippen molar-refractivity contribution in [2.24, 2.45) is 23.2 Å². The lowest BCUT2D eigenvalue weighted by atomic mass is 9.59. The summed E-state index contributed by atoms with van der Waals surface area (Å²) in [5.74, 6) is 0.344. The zero-order valence-corrected chi connectivity index (χ0v) is 11.3. The zero-order chi connectivity index (χ0) is 13.1. The predicted octanol–water partition coefficient (Wildman–Crippen LogP) is 2.29. The van der Waals surface area contributed by atoms with Gasteiger partial charge in [-0.25, -0.2) is 0 Å². The van der Waals surface area contributed by atoms with Crippen molar-refractivity contribution >= 4 is 5.97 Å². The average molecular weight is 250 g/mol. The van der Waals surface area contributed by atoms with E-state index in [2.05, 4.69) is 19.9 Å². The molecule has 0 spiro atoms. The van der Waals surface area contributed by atoms with Crippen LogP contribution in [0.15, 0.2) is 11.6 Å². The fourth-order valence-corrected chi connectivity index (χ4v) is 4.09. The minimum atomic E-state index is -0.228. The number of aliphatic hydroxyl groups is 1. The van der Waals surface area contributed by atoms with Crippen LogP contribution in [0.3, 0.4) is 0 Å². The summed E-state index contributed by atoms with van der Waals surface area (Å²) >= 11 is 0. The maximum atomic E-state index is 11.7. The standard InChI is InChI=1S/C15H22O3/c1-8-10-6-11-9(2)12(16)4-5-15(11,3)7-13(10)18-14(8)17/h6,8-10,12-13,16H,4-5,7H2,1-3H3/t8-,9-,10-,12+,13-,15-/m1/s1. The number of ether oxygens (including phenoxy) is 1. The minimum Gasteiger partial charge on any atom is -0.461 e. The second kappa shape index (κ2) is 3.83. The van der Waals surface area contributed by atoms with E-state index in [1.165, 1.54) is 5.57 Å². The quantitative estimate of drug-likeness (QED) is 0.530. The van der Waals surface area contributed by atoms with Gasteiger partial charge in [0.1, 0.15) is 6.10 Å². The maximum Gasteiger partial charge on any atom is 0.309 e. The topological polar surface area (TPSA) is 46.5 Å². The van der Waals surface area contributed by atoms with Crippen LogP contribution in [-0.4, -0.2) is 23.3 Å². The average Bonchev–Trinajstić information content (AvgIpc) is 2.58. The molecule has 18 heavy (non-hydrogen) atoms. The first-order chi connectivity index (χ1) is 8.42. The Kier molecular flexibility index (Phi) is 2.60. The Morgan fingerprint density at radius 2 is 2.11 bits per heavy atom. The van der Waals surface area contributed by atoms with Gasteiger partial charge < -0.3 is 9.84 Å². The highest BCUT2D eigenvalue weighted by Gasteiger charge is 2.51. The summed E-state index contributed by atoms with van der Waals surface area (Å²) in [6.45, 7) is 6.32. The number of hydrogen-bond acceptors (Lipinski definition) is 3. The van der Waals surface area contributed by atoms with Crippen LogP contribution in [0.4, 0.5) is 0 Å². The van der Waals surface area contributed by atoms with E-state index in [0.29, 0.717) is 0 Å². The van der Waals surface area contributed by atoms with Crippen LogP contribution in [-0.2, 0) is 9.53 Å². The van der Waals surface area contributed by atoms with Gasteiger partial charge in [-0.2, -0.15) is 0 Å². The first-order valence-corrected chi connectivity index (χ1v) is 7.03. The number of aliphatic hydroxyl groups excluding tert-OH is 1. The van der Waals surface area contributed by atoms with E-state index in [-0.39, 0.29) is 41.3 Å². The van der Waals surface area contributed by atoms with Crippen LogP contribution >= 0.6 is 0 Å². The number of carbonyl (C=O) groups excluding carboxylic acids is 1. The predicted molar refractivity (Wildman–Crippen MR) is 67.7 cm³/mol. The molecule has 0 aromatic carbocycles. The van der Waals surface area contributed by atoms with Gasteiger partial charge in [0.05, 0.1) is 12.0 Å². The largest absolute Gasteiger partial charge is 0.461 e. The van der Waals surface area contributed by atoms with Gasteiger partial charge in [0, 0.05) is 11.8 Å². The monoisotopic (exact) mass is 250 g/mol. The van der Waals surface area contributed by atoms with Crippen molar-refractivity contribution in [2.45, 2.75) is 52.2 Å². The van der Waals surface area contributed by atoms with Crippen molar-refractivity contribution in [3.8, 4) is 0 Å². The molecule has 3 nitrogen and oxygen atoms in total. The molecular weight excluding hydrogens is 228 g/mol. The molecule has 3 heteroatoms. The molecule has 0 amide bonds. The highest BCUT2D eigenvalue weighted by atomic mass is 16.6. The molecule has 6 atom stereocenters. The van der Waals surface area contributed by atoms with Crippen molar-refractivity contribution < 1.29 is 14.6 Å². The molecule has 3 aliphatic rings. The van der Waals surface area contributed by atoms with Gasteiger partial charge in [-0.3, -0.25) is 4.79 Å². The molecule has 1 saturated heterocycles. The van der Waals surface area contributed by atoms with E-state index in [1.54, 1.807) is 0 Å². The van der Waals surface area contributed by atoms with Crippen LogP contribution in [0.2, 0.25) is 0 Å². The fourth-order valence-electron chi connectivity index (χ4n) is 4.09. The lowest BCUT2D eigenvalue weighted by molar-refractivity contribution is -0.145. The summed E-state index contributed by atoms with van der Waals surface area (Å²) in [6.07, 6.45) is 4.86. The van der Waals surface area contributed by atoms with Crippen LogP contribution in [0.25, 0.3) is 0 Å². The Balaban J connectivity index is 1.99. The van der Waals surface area contributed by atoms with Gasteiger partial charge in [-0.1, -0.05) is 32.4 Å². The molecule has 1 saturated carbocycles. The Bertz CT molecular complexity index is 414.